The van der Waals surface area contributed by atoms with Crippen molar-refractivity contribution in [3.63, 3.8) is 0 Å². The Morgan fingerprint density at radius 2 is 2.06 bits per heavy atom. The minimum absolute atomic E-state index is 0.104. The zero-order valence-corrected chi connectivity index (χ0v) is 18.1. The molecule has 0 aliphatic carbocycles. The average molecular weight is 457 g/mol. The monoisotopic (exact) mass is 456 g/mol. The Morgan fingerprint density at radius 3 is 2.74 bits per heavy atom. The number of halogens is 1. The molecule has 3 aromatic rings. The van der Waals surface area contributed by atoms with Crippen LogP contribution in [-0.4, -0.2) is 35.8 Å². The van der Waals surface area contributed by atoms with Crippen LogP contribution in [0.3, 0.4) is 0 Å². The van der Waals surface area contributed by atoms with Crippen LogP contribution in [0.5, 0.6) is 11.5 Å². The maximum atomic E-state index is 12.2. The van der Waals surface area contributed by atoms with Gasteiger partial charge in [-0.25, -0.2) is 4.98 Å². The molecule has 0 saturated carbocycles. The van der Waals surface area contributed by atoms with E-state index in [0.717, 1.165) is 0 Å². The molecular formula is C21H17ClN4O4S. The third-order valence-corrected chi connectivity index (χ3v) is 5.06. The molecule has 2 aromatic carbocycles. The predicted octanol–water partition coefficient (Wildman–Crippen LogP) is 3.71. The molecular weight excluding hydrogens is 440 g/mol. The largest absolute Gasteiger partial charge is 0.493 e. The van der Waals surface area contributed by atoms with Crippen molar-refractivity contribution in [3.05, 3.63) is 63.4 Å². The van der Waals surface area contributed by atoms with Crippen molar-refractivity contribution < 1.29 is 14.3 Å². The molecule has 0 atom stereocenters. The molecule has 158 valence electrons. The van der Waals surface area contributed by atoms with Crippen LogP contribution < -0.4 is 20.3 Å². The standard InChI is InChI=1S/C21H17ClN4O4S/c1-29-17-9-12(19-13(10-23)20(28)26-21(25-19)31-2)7-8-16(17)30-11-18(27)24-15-6-4-3-5-14(15)22/h3-9H,11H2,1-2H3,(H,24,27)(H,25,26,28). The van der Waals surface area contributed by atoms with Crippen molar-refractivity contribution in [3.8, 4) is 28.8 Å². The van der Waals surface area contributed by atoms with Gasteiger partial charge in [-0.15, -0.1) is 0 Å². The lowest BCUT2D eigenvalue weighted by Crippen LogP contribution is -2.20. The summed E-state index contributed by atoms with van der Waals surface area (Å²) >= 11 is 7.29. The Morgan fingerprint density at radius 1 is 1.29 bits per heavy atom. The number of aromatic amines is 1. The number of carbonyl (C=O) groups is 1. The molecule has 0 radical (unpaired) electrons. The number of nitriles is 1. The van der Waals surface area contributed by atoms with E-state index in [4.69, 9.17) is 21.1 Å². The van der Waals surface area contributed by atoms with Crippen LogP contribution in [0.2, 0.25) is 5.02 Å². The zero-order chi connectivity index (χ0) is 22.4. The number of nitrogens with one attached hydrogen (secondary N) is 2. The fraction of sp³-hybridized carbons (Fsp3) is 0.143. The lowest BCUT2D eigenvalue weighted by atomic mass is 10.1. The number of rotatable bonds is 7. The maximum Gasteiger partial charge on any atom is 0.270 e. The van der Waals surface area contributed by atoms with Crippen molar-refractivity contribution in [1.29, 1.82) is 5.26 Å². The van der Waals surface area contributed by atoms with Gasteiger partial charge in [-0.05, 0) is 36.6 Å². The second-order valence-electron chi connectivity index (χ2n) is 6.09. The highest BCUT2D eigenvalue weighted by atomic mass is 35.5. The second kappa shape index (κ2) is 10.0. The minimum atomic E-state index is -0.521. The van der Waals surface area contributed by atoms with Gasteiger partial charge in [0.25, 0.3) is 11.5 Å². The van der Waals surface area contributed by atoms with Crippen LogP contribution >= 0.6 is 23.4 Å². The summed E-state index contributed by atoms with van der Waals surface area (Å²) in [6.07, 6.45) is 1.76. The van der Waals surface area contributed by atoms with Crippen molar-refractivity contribution in [1.82, 2.24) is 9.97 Å². The van der Waals surface area contributed by atoms with Gasteiger partial charge >= 0.3 is 0 Å². The second-order valence-corrected chi connectivity index (χ2v) is 7.30. The van der Waals surface area contributed by atoms with E-state index in [1.54, 1.807) is 48.7 Å². The first kappa shape index (κ1) is 22.2. The molecule has 0 spiro atoms. The summed E-state index contributed by atoms with van der Waals surface area (Å²) in [6.45, 7) is -0.274. The first-order valence-corrected chi connectivity index (χ1v) is 10.5. The number of nitrogens with zero attached hydrogens (tertiary/aromatic N) is 2. The van der Waals surface area contributed by atoms with E-state index in [1.807, 2.05) is 6.07 Å². The van der Waals surface area contributed by atoms with Gasteiger partial charge in [0, 0.05) is 5.56 Å². The summed E-state index contributed by atoms with van der Waals surface area (Å²) in [5.41, 5.74) is 0.591. The lowest BCUT2D eigenvalue weighted by molar-refractivity contribution is -0.118. The topological polar surface area (TPSA) is 117 Å². The van der Waals surface area contributed by atoms with Crippen LogP contribution in [0.1, 0.15) is 5.56 Å². The highest BCUT2D eigenvalue weighted by molar-refractivity contribution is 7.98. The number of hydrogen-bond acceptors (Lipinski definition) is 7. The third-order valence-electron chi connectivity index (χ3n) is 4.15. The van der Waals surface area contributed by atoms with Crippen LogP contribution in [-0.2, 0) is 4.79 Å². The van der Waals surface area contributed by atoms with Gasteiger partial charge in [0.2, 0.25) is 0 Å². The van der Waals surface area contributed by atoms with Crippen molar-refractivity contribution >= 4 is 35.0 Å². The molecule has 3 rings (SSSR count). The molecule has 0 aliphatic heterocycles. The van der Waals surface area contributed by atoms with E-state index in [2.05, 4.69) is 15.3 Å². The number of benzene rings is 2. The van der Waals surface area contributed by atoms with Crippen LogP contribution in [0.4, 0.5) is 5.69 Å². The molecule has 1 amide bonds. The number of amides is 1. The van der Waals surface area contributed by atoms with E-state index in [0.29, 0.717) is 32.9 Å². The van der Waals surface area contributed by atoms with E-state index in [1.165, 1.54) is 18.9 Å². The molecule has 31 heavy (non-hydrogen) atoms. The number of ether oxygens (including phenoxy) is 2. The van der Waals surface area contributed by atoms with E-state index in [9.17, 15) is 14.9 Å². The maximum absolute atomic E-state index is 12.2. The average Bonchev–Trinajstić information content (AvgIpc) is 2.78. The number of para-hydroxylation sites is 1. The summed E-state index contributed by atoms with van der Waals surface area (Å²) in [4.78, 5) is 31.2. The molecule has 2 N–H and O–H groups in total. The molecule has 8 nitrogen and oxygen atoms in total. The Kier molecular flexibility index (Phi) is 7.18. The molecule has 0 fully saturated rings. The van der Waals surface area contributed by atoms with Crippen molar-refractivity contribution in [2.75, 3.05) is 25.3 Å². The van der Waals surface area contributed by atoms with Crippen LogP contribution in [0.25, 0.3) is 11.3 Å². The van der Waals surface area contributed by atoms with Gasteiger partial charge in [-0.3, -0.25) is 9.59 Å². The number of H-pyrrole nitrogens is 1. The third kappa shape index (κ3) is 5.17. The summed E-state index contributed by atoms with van der Waals surface area (Å²) < 4.78 is 10.9. The van der Waals surface area contributed by atoms with Gasteiger partial charge in [0.15, 0.2) is 23.3 Å². The summed E-state index contributed by atoms with van der Waals surface area (Å²) in [5, 5.41) is 12.8. The van der Waals surface area contributed by atoms with Crippen molar-refractivity contribution in [2.45, 2.75) is 5.16 Å². The summed E-state index contributed by atoms with van der Waals surface area (Å²) in [5.74, 6) is 0.237. The Labute approximate surface area is 187 Å². The first-order valence-electron chi connectivity index (χ1n) is 8.90. The Balaban J connectivity index is 1.82. The fourth-order valence-electron chi connectivity index (χ4n) is 2.69. The molecule has 1 aromatic heterocycles. The van der Waals surface area contributed by atoms with E-state index >= 15 is 0 Å². The molecule has 0 aliphatic rings. The number of aromatic nitrogens is 2. The Hall–Kier alpha value is -3.48. The fourth-order valence-corrected chi connectivity index (χ4v) is 3.25. The molecule has 0 saturated heterocycles. The van der Waals surface area contributed by atoms with Gasteiger partial charge in [0.05, 0.1) is 23.5 Å². The smallest absolute Gasteiger partial charge is 0.270 e. The lowest BCUT2D eigenvalue weighted by Gasteiger charge is -2.13. The molecule has 10 heteroatoms. The van der Waals surface area contributed by atoms with Gasteiger partial charge in [-0.2, -0.15) is 5.26 Å². The minimum Gasteiger partial charge on any atom is -0.493 e. The number of methoxy groups -OCH3 is 1. The zero-order valence-electron chi connectivity index (χ0n) is 16.6. The Bertz CT molecular complexity index is 1220. The number of hydrogen-bond donors (Lipinski definition) is 2. The summed E-state index contributed by atoms with van der Waals surface area (Å²) in [6, 6.07) is 13.6. The summed E-state index contributed by atoms with van der Waals surface area (Å²) in [7, 11) is 1.44. The van der Waals surface area contributed by atoms with Gasteiger partial charge < -0.3 is 19.8 Å². The number of thioether (sulfide) groups is 1. The highest BCUT2D eigenvalue weighted by Crippen LogP contribution is 2.33. The molecule has 0 unspecified atom stereocenters. The number of anilines is 1. The highest BCUT2D eigenvalue weighted by Gasteiger charge is 2.16. The first-order chi connectivity index (χ1) is 15.0. The van der Waals surface area contributed by atoms with Gasteiger partial charge in [-0.1, -0.05) is 35.5 Å². The SMILES string of the molecule is COc1cc(-c2nc(SC)[nH]c(=O)c2C#N)ccc1OCC(=O)Nc1ccccc1Cl. The van der Waals surface area contributed by atoms with E-state index < -0.39 is 11.5 Å². The molecule has 1 heterocycles. The molecule has 0 bridgehead atoms. The van der Waals surface area contributed by atoms with Crippen LogP contribution in [0.15, 0.2) is 52.4 Å². The van der Waals surface area contributed by atoms with Gasteiger partial charge in [0.1, 0.15) is 11.6 Å². The predicted molar refractivity (Wildman–Crippen MR) is 119 cm³/mol. The number of carbonyl (C=O) groups excluding carboxylic acids is 1. The van der Waals surface area contributed by atoms with Crippen molar-refractivity contribution in [2.24, 2.45) is 0 Å². The quantitative estimate of drug-likeness (QED) is 0.411. The normalized spacial score (nSPS) is 10.3. The van der Waals surface area contributed by atoms with E-state index in [-0.39, 0.29) is 17.9 Å². The van der Waals surface area contributed by atoms with Crippen LogP contribution in [0, 0.1) is 11.3 Å².